The summed E-state index contributed by atoms with van der Waals surface area (Å²) >= 11 is 0. The van der Waals surface area contributed by atoms with E-state index in [2.05, 4.69) is 243 Å². The number of aliphatic imine (C=N–C) groups is 4. The minimum absolute atomic E-state index is 0.749. The highest BCUT2D eigenvalue weighted by Gasteiger charge is 2.18. The quantitative estimate of drug-likeness (QED) is 0.110. The average Bonchev–Trinajstić information content (AvgIpc) is 3.45. The second kappa shape index (κ2) is 21.3. The van der Waals surface area contributed by atoms with Gasteiger partial charge in [-0.2, -0.15) is 0 Å². The molecule has 0 aromatic heterocycles. The second-order valence-corrected chi connectivity index (χ2v) is 17.4. The van der Waals surface area contributed by atoms with Crippen LogP contribution in [0.5, 0.6) is 0 Å². The summed E-state index contributed by atoms with van der Waals surface area (Å²) in [7, 11) is 0. The molecule has 0 saturated carbocycles. The maximum absolute atomic E-state index is 5.56. The zero-order valence-corrected chi connectivity index (χ0v) is 39.5. The van der Waals surface area contributed by atoms with E-state index < -0.39 is 0 Å². The fourth-order valence-corrected chi connectivity index (χ4v) is 8.95. The van der Waals surface area contributed by atoms with Crippen molar-refractivity contribution in [1.82, 2.24) is 0 Å². The third-order valence-corrected chi connectivity index (χ3v) is 12.6. The number of rotatable bonds is 12. The van der Waals surface area contributed by atoms with Gasteiger partial charge in [0.25, 0.3) is 0 Å². The molecule has 4 heteroatoms. The van der Waals surface area contributed by atoms with Crippen LogP contribution in [0.25, 0.3) is 24.3 Å². The van der Waals surface area contributed by atoms with Crippen LogP contribution >= 0.6 is 0 Å². The third-order valence-electron chi connectivity index (χ3n) is 12.6. The van der Waals surface area contributed by atoms with Crippen LogP contribution in [-0.4, -0.2) is 22.8 Å². The van der Waals surface area contributed by atoms with Crippen LogP contribution in [0.4, 0.5) is 22.7 Å². The van der Waals surface area contributed by atoms with Crippen LogP contribution in [0.3, 0.4) is 0 Å². The lowest BCUT2D eigenvalue weighted by Crippen LogP contribution is -2.04. The van der Waals surface area contributed by atoms with Gasteiger partial charge < -0.3 is 0 Å². The minimum Gasteiger partial charge on any atom is -0.245 e. The number of benzene rings is 10. The van der Waals surface area contributed by atoms with Crippen molar-refractivity contribution in [2.24, 2.45) is 20.0 Å². The highest BCUT2D eigenvalue weighted by molar-refractivity contribution is 6.18. The summed E-state index contributed by atoms with van der Waals surface area (Å²) in [6.45, 7) is 0. The predicted molar refractivity (Wildman–Crippen MR) is 303 cm³/mol. The largest absolute Gasteiger partial charge is 0.245 e. The van der Waals surface area contributed by atoms with Crippen molar-refractivity contribution >= 4 is 69.9 Å². The van der Waals surface area contributed by atoms with Gasteiger partial charge in [-0.3, -0.25) is 0 Å². The van der Waals surface area contributed by atoms with Crippen LogP contribution in [0, 0.1) is 0 Å². The molecule has 0 aliphatic heterocycles. The molecule has 11 rings (SSSR count). The van der Waals surface area contributed by atoms with Crippen molar-refractivity contribution in [1.29, 1.82) is 0 Å². The molecule has 0 bridgehead atoms. The van der Waals surface area contributed by atoms with Gasteiger partial charge in [-0.15, -0.1) is 0 Å². The molecule has 1 aliphatic rings. The molecular weight excluding hydrogens is 873 g/mol. The molecule has 0 unspecified atom stereocenters. The molecule has 72 heavy (non-hydrogen) atoms. The van der Waals surface area contributed by atoms with E-state index in [1.807, 2.05) is 48.5 Å². The normalized spacial score (nSPS) is 11.7. The summed E-state index contributed by atoms with van der Waals surface area (Å²) in [5.41, 5.74) is 18.6. The SMILES string of the molecule is C1=Cc2cc(N=C(c3ccccc3)c3ccccc3)c(N=C(c3ccccc3)c3ccccc3)cc2/C=C\c2cc(N=C(c3ccccc3)c3ccccc3)c(N=C(c3ccccc3)c3ccccc3)cc21. The Bertz CT molecular complexity index is 3000. The molecule has 10 aromatic carbocycles. The van der Waals surface area contributed by atoms with E-state index in [0.717, 1.165) is 112 Å². The summed E-state index contributed by atoms with van der Waals surface area (Å²) in [5.74, 6) is 0. The lowest BCUT2D eigenvalue weighted by Gasteiger charge is -2.16. The lowest BCUT2D eigenvalue weighted by atomic mass is 9.95. The van der Waals surface area contributed by atoms with Gasteiger partial charge in [0.05, 0.1) is 45.6 Å². The van der Waals surface area contributed by atoms with Crippen LogP contribution < -0.4 is 0 Å². The molecule has 0 heterocycles. The van der Waals surface area contributed by atoms with Gasteiger partial charge in [0.1, 0.15) is 0 Å². The monoisotopic (exact) mass is 920 g/mol. The molecule has 0 amide bonds. The first-order valence-corrected chi connectivity index (χ1v) is 24.2. The first kappa shape index (κ1) is 44.8. The molecule has 0 atom stereocenters. The van der Waals surface area contributed by atoms with Crippen LogP contribution in [0.1, 0.15) is 66.8 Å². The predicted octanol–water partition coefficient (Wildman–Crippen LogP) is 17.0. The molecule has 4 nitrogen and oxygen atoms in total. The zero-order valence-electron chi connectivity index (χ0n) is 39.5. The molecule has 0 saturated heterocycles. The fraction of sp³-hybridized carbons (Fsp3) is 0. The van der Waals surface area contributed by atoms with Gasteiger partial charge in [-0.25, -0.2) is 20.0 Å². The van der Waals surface area contributed by atoms with Crippen molar-refractivity contribution < 1.29 is 0 Å². The highest BCUT2D eigenvalue weighted by atomic mass is 14.9. The third kappa shape index (κ3) is 10.2. The van der Waals surface area contributed by atoms with E-state index in [-0.39, 0.29) is 0 Å². The Kier molecular flexibility index (Phi) is 13.3. The van der Waals surface area contributed by atoms with E-state index in [0.29, 0.717) is 0 Å². The molecule has 0 fully saturated rings. The number of hydrogen-bond donors (Lipinski definition) is 0. The molecule has 0 radical (unpaired) electrons. The maximum Gasteiger partial charge on any atom is 0.0900 e. The number of hydrogen-bond acceptors (Lipinski definition) is 4. The summed E-state index contributed by atoms with van der Waals surface area (Å²) in [6, 6.07) is 91.8. The van der Waals surface area contributed by atoms with Crippen molar-refractivity contribution in [2.45, 2.75) is 0 Å². The van der Waals surface area contributed by atoms with E-state index in [1.54, 1.807) is 0 Å². The first-order valence-electron chi connectivity index (χ1n) is 24.2. The van der Waals surface area contributed by atoms with Crippen LogP contribution in [-0.2, 0) is 0 Å². The van der Waals surface area contributed by atoms with Gasteiger partial charge in [0, 0.05) is 44.5 Å². The maximum atomic E-state index is 5.56. The molecule has 340 valence electrons. The Morgan fingerprint density at radius 2 is 0.319 bits per heavy atom. The minimum atomic E-state index is 0.749. The van der Waals surface area contributed by atoms with Gasteiger partial charge in [0.15, 0.2) is 0 Å². The molecule has 1 aliphatic carbocycles. The average molecular weight is 921 g/mol. The van der Waals surface area contributed by atoms with Crippen molar-refractivity contribution in [3.8, 4) is 0 Å². The Hall–Kier alpha value is -9.64. The second-order valence-electron chi connectivity index (χ2n) is 17.4. The summed E-state index contributed by atoms with van der Waals surface area (Å²) < 4.78 is 0. The standard InChI is InChI=1S/C68H48N4/c1-9-25-49(26-10-1)65(50-27-11-2-12-28-50)69-61-45-57-41-42-59-47-63(71-67(53-33-17-5-18-34-53)54-35-19-6-20-36-54)64(72-68(55-37-21-7-22-38-55)56-39-23-8-24-40-56)48-60(59)44-43-58(57)46-62(61)70-66(51-29-13-3-14-30-51)52-31-15-4-16-32-52/h1-48H/b42-41-,44-43?,57-41?,58-43?,59-42?,60-44?. The van der Waals surface area contributed by atoms with Crippen molar-refractivity contribution in [3.63, 3.8) is 0 Å². The van der Waals surface area contributed by atoms with Crippen molar-refractivity contribution in [2.75, 3.05) is 0 Å². The van der Waals surface area contributed by atoms with Gasteiger partial charge in [-0.1, -0.05) is 267 Å². The Morgan fingerprint density at radius 3 is 0.458 bits per heavy atom. The van der Waals surface area contributed by atoms with E-state index >= 15 is 0 Å². The molecule has 0 spiro atoms. The molecule has 10 aromatic rings. The van der Waals surface area contributed by atoms with E-state index in [4.69, 9.17) is 20.0 Å². The topological polar surface area (TPSA) is 49.4 Å². The smallest absolute Gasteiger partial charge is 0.0900 e. The summed E-state index contributed by atoms with van der Waals surface area (Å²) in [6.07, 6.45) is 8.76. The highest BCUT2D eigenvalue weighted by Crippen LogP contribution is 2.40. The fourth-order valence-electron chi connectivity index (χ4n) is 8.95. The van der Waals surface area contributed by atoms with Gasteiger partial charge in [0.2, 0.25) is 0 Å². The zero-order chi connectivity index (χ0) is 48.3. The molecule has 0 N–H and O–H groups in total. The van der Waals surface area contributed by atoms with Gasteiger partial charge >= 0.3 is 0 Å². The van der Waals surface area contributed by atoms with Crippen LogP contribution in [0.2, 0.25) is 0 Å². The lowest BCUT2D eigenvalue weighted by molar-refractivity contribution is 1.39. The van der Waals surface area contributed by atoms with E-state index in [1.165, 1.54) is 0 Å². The first-order chi connectivity index (χ1) is 35.7. The van der Waals surface area contributed by atoms with E-state index in [9.17, 15) is 0 Å². The van der Waals surface area contributed by atoms with Crippen molar-refractivity contribution in [3.05, 3.63) is 334 Å². The Morgan fingerprint density at radius 1 is 0.181 bits per heavy atom. The Balaban J connectivity index is 1.13. The Labute approximate surface area is 421 Å². The van der Waals surface area contributed by atoms with Gasteiger partial charge in [-0.05, 0) is 46.5 Å². The molecular formula is C68H48N4. The van der Waals surface area contributed by atoms with Crippen LogP contribution in [0.15, 0.2) is 287 Å². The number of nitrogens with zero attached hydrogens (tertiary/aromatic N) is 4. The summed E-state index contributed by atoms with van der Waals surface area (Å²) in [5, 5.41) is 0. The number of fused-ring (bicyclic) bond motifs is 2. The summed E-state index contributed by atoms with van der Waals surface area (Å²) in [4.78, 5) is 22.2.